The van der Waals surface area contributed by atoms with Crippen molar-refractivity contribution in [3.05, 3.63) is 29.8 Å². The summed E-state index contributed by atoms with van der Waals surface area (Å²) in [5.41, 5.74) is 12.4. The molecular weight excluding hydrogens is 176 g/mol. The third kappa shape index (κ3) is 2.72. The van der Waals surface area contributed by atoms with Crippen LogP contribution in [-0.4, -0.2) is 12.6 Å². The second-order valence-corrected chi connectivity index (χ2v) is 3.55. The summed E-state index contributed by atoms with van der Waals surface area (Å²) in [7, 11) is 0. The second kappa shape index (κ2) is 4.98. The molecule has 3 heteroatoms. The van der Waals surface area contributed by atoms with Crippen molar-refractivity contribution in [2.45, 2.75) is 26.0 Å². The van der Waals surface area contributed by atoms with E-state index in [1.54, 1.807) is 0 Å². The summed E-state index contributed by atoms with van der Waals surface area (Å²) < 4.78 is 5.63. The second-order valence-electron chi connectivity index (χ2n) is 3.55. The van der Waals surface area contributed by atoms with Crippen molar-refractivity contribution < 1.29 is 4.74 Å². The molecule has 1 aromatic carbocycles. The average molecular weight is 194 g/mol. The van der Waals surface area contributed by atoms with Crippen molar-refractivity contribution in [1.29, 1.82) is 0 Å². The Bertz CT molecular complexity index is 286. The third-order valence-electron chi connectivity index (χ3n) is 1.94. The van der Waals surface area contributed by atoms with Crippen molar-refractivity contribution in [2.75, 3.05) is 6.54 Å². The fourth-order valence-electron chi connectivity index (χ4n) is 1.28. The average Bonchev–Trinajstić information content (AvgIpc) is 2.16. The van der Waals surface area contributed by atoms with Gasteiger partial charge in [-0.15, -0.1) is 0 Å². The summed E-state index contributed by atoms with van der Waals surface area (Å²) in [6.07, 6.45) is 0.154. The van der Waals surface area contributed by atoms with Crippen LogP contribution in [-0.2, 0) is 0 Å². The lowest BCUT2D eigenvalue weighted by molar-refractivity contribution is 0.239. The van der Waals surface area contributed by atoms with Gasteiger partial charge in [0.05, 0.1) is 6.10 Å². The van der Waals surface area contributed by atoms with Gasteiger partial charge in [0.25, 0.3) is 0 Å². The van der Waals surface area contributed by atoms with Gasteiger partial charge >= 0.3 is 0 Å². The van der Waals surface area contributed by atoms with Crippen LogP contribution in [0.3, 0.4) is 0 Å². The first-order valence-electron chi connectivity index (χ1n) is 4.86. The molecule has 0 radical (unpaired) electrons. The van der Waals surface area contributed by atoms with E-state index in [0.717, 1.165) is 11.3 Å². The van der Waals surface area contributed by atoms with Crippen LogP contribution in [0, 0.1) is 0 Å². The minimum Gasteiger partial charge on any atom is -0.491 e. The molecule has 0 saturated carbocycles. The molecule has 0 spiro atoms. The van der Waals surface area contributed by atoms with Gasteiger partial charge in [0.1, 0.15) is 5.75 Å². The van der Waals surface area contributed by atoms with Crippen molar-refractivity contribution in [2.24, 2.45) is 11.5 Å². The van der Waals surface area contributed by atoms with E-state index in [0.29, 0.717) is 6.54 Å². The predicted molar refractivity (Wildman–Crippen MR) is 58.2 cm³/mol. The van der Waals surface area contributed by atoms with Crippen LogP contribution >= 0.6 is 0 Å². The molecule has 0 aliphatic heterocycles. The number of hydrogen-bond donors (Lipinski definition) is 2. The number of hydrogen-bond acceptors (Lipinski definition) is 3. The van der Waals surface area contributed by atoms with Crippen molar-refractivity contribution in [3.63, 3.8) is 0 Å². The van der Waals surface area contributed by atoms with Crippen LogP contribution in [0.2, 0.25) is 0 Å². The minimum atomic E-state index is -0.148. The van der Waals surface area contributed by atoms with E-state index in [-0.39, 0.29) is 12.1 Å². The van der Waals surface area contributed by atoms with Gasteiger partial charge in [-0.1, -0.05) is 18.2 Å². The van der Waals surface area contributed by atoms with Crippen LogP contribution in [0.4, 0.5) is 0 Å². The van der Waals surface area contributed by atoms with Crippen molar-refractivity contribution in [3.8, 4) is 5.75 Å². The Balaban J connectivity index is 2.91. The van der Waals surface area contributed by atoms with Gasteiger partial charge in [-0.05, 0) is 19.9 Å². The Kier molecular flexibility index (Phi) is 3.92. The van der Waals surface area contributed by atoms with Gasteiger partial charge in [-0.25, -0.2) is 0 Å². The molecule has 1 rings (SSSR count). The van der Waals surface area contributed by atoms with Crippen LogP contribution in [0.25, 0.3) is 0 Å². The summed E-state index contributed by atoms with van der Waals surface area (Å²) in [5.74, 6) is 0.834. The van der Waals surface area contributed by atoms with Crippen LogP contribution in [0.5, 0.6) is 5.75 Å². The van der Waals surface area contributed by atoms with Crippen molar-refractivity contribution in [1.82, 2.24) is 0 Å². The van der Waals surface area contributed by atoms with E-state index in [2.05, 4.69) is 0 Å². The van der Waals surface area contributed by atoms with Gasteiger partial charge in [-0.2, -0.15) is 0 Å². The molecule has 0 aliphatic carbocycles. The van der Waals surface area contributed by atoms with E-state index in [4.69, 9.17) is 16.2 Å². The Morgan fingerprint density at radius 1 is 1.29 bits per heavy atom. The minimum absolute atomic E-state index is 0.148. The topological polar surface area (TPSA) is 61.3 Å². The maximum atomic E-state index is 5.87. The molecule has 0 amide bonds. The standard InChI is InChI=1S/C11H18N2O/c1-8(2)14-11-6-4-3-5-9(11)10(13)7-12/h3-6,8,10H,7,12-13H2,1-2H3/t10-/m1/s1. The summed E-state index contributed by atoms with van der Waals surface area (Å²) in [4.78, 5) is 0. The Hall–Kier alpha value is -1.06. The van der Waals surface area contributed by atoms with E-state index < -0.39 is 0 Å². The first-order chi connectivity index (χ1) is 6.65. The van der Waals surface area contributed by atoms with E-state index in [1.165, 1.54) is 0 Å². The lowest BCUT2D eigenvalue weighted by Crippen LogP contribution is -2.22. The quantitative estimate of drug-likeness (QED) is 0.762. The zero-order chi connectivity index (χ0) is 10.6. The van der Waals surface area contributed by atoms with E-state index in [1.807, 2.05) is 38.1 Å². The van der Waals surface area contributed by atoms with Gasteiger partial charge in [-0.3, -0.25) is 0 Å². The van der Waals surface area contributed by atoms with E-state index >= 15 is 0 Å². The molecule has 78 valence electrons. The van der Waals surface area contributed by atoms with Crippen molar-refractivity contribution >= 4 is 0 Å². The number of ether oxygens (including phenoxy) is 1. The molecule has 1 aromatic rings. The molecule has 0 unspecified atom stereocenters. The highest BCUT2D eigenvalue weighted by Crippen LogP contribution is 2.23. The van der Waals surface area contributed by atoms with E-state index in [9.17, 15) is 0 Å². The fraction of sp³-hybridized carbons (Fsp3) is 0.455. The van der Waals surface area contributed by atoms with Gasteiger partial charge in [0.15, 0.2) is 0 Å². The molecule has 0 heterocycles. The predicted octanol–water partition coefficient (Wildman–Crippen LogP) is 1.43. The lowest BCUT2D eigenvalue weighted by atomic mass is 10.1. The summed E-state index contributed by atoms with van der Waals surface area (Å²) in [6, 6.07) is 7.60. The molecular formula is C11H18N2O. The molecule has 14 heavy (non-hydrogen) atoms. The summed E-state index contributed by atoms with van der Waals surface area (Å²) >= 11 is 0. The highest BCUT2D eigenvalue weighted by molar-refractivity contribution is 5.36. The molecule has 3 nitrogen and oxygen atoms in total. The first-order valence-corrected chi connectivity index (χ1v) is 4.86. The highest BCUT2D eigenvalue weighted by Gasteiger charge is 2.10. The number of rotatable bonds is 4. The zero-order valence-electron chi connectivity index (χ0n) is 8.73. The SMILES string of the molecule is CC(C)Oc1ccccc1[C@H](N)CN. The summed E-state index contributed by atoms with van der Waals surface area (Å²) in [6.45, 7) is 4.41. The molecule has 0 bridgehead atoms. The van der Waals surface area contributed by atoms with Gasteiger partial charge in [0, 0.05) is 18.2 Å². The molecule has 4 N–H and O–H groups in total. The van der Waals surface area contributed by atoms with Crippen LogP contribution < -0.4 is 16.2 Å². The molecule has 0 aromatic heterocycles. The number of benzene rings is 1. The molecule has 1 atom stereocenters. The largest absolute Gasteiger partial charge is 0.491 e. The molecule has 0 fully saturated rings. The third-order valence-corrected chi connectivity index (χ3v) is 1.94. The Morgan fingerprint density at radius 3 is 2.50 bits per heavy atom. The Labute approximate surface area is 85.0 Å². The first kappa shape index (κ1) is 11.0. The highest BCUT2D eigenvalue weighted by atomic mass is 16.5. The molecule has 0 saturated heterocycles. The summed E-state index contributed by atoms with van der Waals surface area (Å²) in [5, 5.41) is 0. The van der Waals surface area contributed by atoms with Crippen LogP contribution in [0.1, 0.15) is 25.5 Å². The zero-order valence-corrected chi connectivity index (χ0v) is 8.73. The van der Waals surface area contributed by atoms with Gasteiger partial charge in [0.2, 0.25) is 0 Å². The number of nitrogens with two attached hydrogens (primary N) is 2. The Morgan fingerprint density at radius 2 is 1.93 bits per heavy atom. The lowest BCUT2D eigenvalue weighted by Gasteiger charge is -2.17. The fourth-order valence-corrected chi connectivity index (χ4v) is 1.28. The smallest absolute Gasteiger partial charge is 0.124 e. The number of para-hydroxylation sites is 1. The maximum absolute atomic E-state index is 5.87. The van der Waals surface area contributed by atoms with Gasteiger partial charge < -0.3 is 16.2 Å². The van der Waals surface area contributed by atoms with Crippen LogP contribution in [0.15, 0.2) is 24.3 Å². The molecule has 0 aliphatic rings. The maximum Gasteiger partial charge on any atom is 0.124 e. The normalized spacial score (nSPS) is 12.9. The monoisotopic (exact) mass is 194 g/mol.